The number of nitrogens with zero attached hydrogens (tertiary/aromatic N) is 2. The van der Waals surface area contributed by atoms with Crippen molar-refractivity contribution in [2.24, 2.45) is 5.73 Å². The molecule has 0 saturated heterocycles. The molecule has 0 amide bonds. The highest BCUT2D eigenvalue weighted by atomic mass is 15.2. The molecule has 0 bridgehead atoms. The van der Waals surface area contributed by atoms with Gasteiger partial charge in [0, 0.05) is 5.56 Å². The molecule has 1 aliphatic carbocycles. The van der Waals surface area contributed by atoms with Crippen molar-refractivity contribution in [3.8, 4) is 11.4 Å². The van der Waals surface area contributed by atoms with Crippen LogP contribution in [0.3, 0.4) is 0 Å². The molecule has 1 saturated carbocycles. The second-order valence-corrected chi connectivity index (χ2v) is 8.73. The van der Waals surface area contributed by atoms with E-state index in [1.54, 1.807) is 0 Å². The smallest absolute Gasteiger partial charge is 0.181 e. The average Bonchev–Trinajstić information content (AvgIpc) is 3.39. The fourth-order valence-electron chi connectivity index (χ4n) is 4.06. The summed E-state index contributed by atoms with van der Waals surface area (Å²) in [5.74, 6) is 1.65. The number of hydrogen-bond donors (Lipinski definition) is 3. The van der Waals surface area contributed by atoms with Crippen molar-refractivity contribution in [1.29, 1.82) is 5.41 Å². The van der Waals surface area contributed by atoms with Crippen LogP contribution in [-0.2, 0) is 11.8 Å². The summed E-state index contributed by atoms with van der Waals surface area (Å²) in [7, 11) is 0. The molecule has 0 radical (unpaired) electrons. The normalized spacial score (nSPS) is 14.8. The van der Waals surface area contributed by atoms with Gasteiger partial charge in [0.15, 0.2) is 5.82 Å². The maximum Gasteiger partial charge on any atom is 0.181 e. The van der Waals surface area contributed by atoms with Gasteiger partial charge in [-0.15, -0.1) is 0 Å². The van der Waals surface area contributed by atoms with Gasteiger partial charge in [-0.05, 0) is 49.8 Å². The highest BCUT2D eigenvalue weighted by molar-refractivity contribution is 5.91. The number of aromatic nitrogens is 3. The fourth-order valence-corrected chi connectivity index (χ4v) is 4.06. The molecular weight excluding hydrogens is 358 g/mol. The zero-order valence-corrected chi connectivity index (χ0v) is 18.2. The van der Waals surface area contributed by atoms with E-state index in [4.69, 9.17) is 16.1 Å². The Kier molecular flexibility index (Phi) is 7.45. The van der Waals surface area contributed by atoms with Crippen molar-refractivity contribution >= 4 is 5.84 Å². The summed E-state index contributed by atoms with van der Waals surface area (Å²) >= 11 is 0. The van der Waals surface area contributed by atoms with E-state index in [0.717, 1.165) is 36.5 Å². The van der Waals surface area contributed by atoms with E-state index in [1.165, 1.54) is 68.9 Å². The molecule has 3 rings (SSSR count). The van der Waals surface area contributed by atoms with Gasteiger partial charge in [-0.3, -0.25) is 10.5 Å². The molecule has 5 nitrogen and oxygen atoms in total. The number of amidine groups is 1. The van der Waals surface area contributed by atoms with Gasteiger partial charge in [-0.1, -0.05) is 70.4 Å². The van der Waals surface area contributed by atoms with Crippen LogP contribution in [0.4, 0.5) is 0 Å². The van der Waals surface area contributed by atoms with Gasteiger partial charge in [0.05, 0.1) is 5.41 Å². The lowest BCUT2D eigenvalue weighted by Crippen LogP contribution is -2.28. The Labute approximate surface area is 175 Å². The number of nitrogens with two attached hydrogens (primary N) is 1. The van der Waals surface area contributed by atoms with Crippen LogP contribution in [0.2, 0.25) is 0 Å². The summed E-state index contributed by atoms with van der Waals surface area (Å²) < 4.78 is 0. The highest BCUT2D eigenvalue weighted by Crippen LogP contribution is 2.46. The van der Waals surface area contributed by atoms with Crippen molar-refractivity contribution < 1.29 is 0 Å². The molecule has 1 aromatic heterocycles. The number of benzene rings is 1. The Hall–Kier alpha value is -2.17. The third kappa shape index (κ3) is 5.46. The van der Waals surface area contributed by atoms with Crippen molar-refractivity contribution in [3.05, 3.63) is 35.2 Å². The molecule has 5 heteroatoms. The molecule has 1 aromatic carbocycles. The molecular formula is C24H37N5. The number of unbranched alkanes of at least 4 members (excludes halogenated alkanes) is 8. The molecule has 0 spiro atoms. The Balaban J connectivity index is 1.50. The molecule has 0 atom stereocenters. The number of aromatic amines is 1. The third-order valence-corrected chi connectivity index (χ3v) is 6.32. The minimum Gasteiger partial charge on any atom is -0.387 e. The van der Waals surface area contributed by atoms with Crippen LogP contribution >= 0.6 is 0 Å². The van der Waals surface area contributed by atoms with E-state index in [1.807, 2.05) is 0 Å². The zero-order valence-electron chi connectivity index (χ0n) is 18.2. The summed E-state index contributed by atoms with van der Waals surface area (Å²) in [6.45, 7) is 4.37. The predicted octanol–water partition coefficient (Wildman–Crippen LogP) is 5.82. The standard InChI is InChI=1S/C24H37N5/c1-3-4-5-6-7-8-9-10-11-12-19-14-13-18(2)20(17-19)21-27-23(29-28-21)24(15-16-24)22(25)26/h13-14,17H,3-12,15-16H2,1-2H3,(H3,25,26)(H,27,28,29). The van der Waals surface area contributed by atoms with Gasteiger partial charge >= 0.3 is 0 Å². The van der Waals surface area contributed by atoms with E-state index in [-0.39, 0.29) is 5.84 Å². The van der Waals surface area contributed by atoms with Crippen molar-refractivity contribution in [3.63, 3.8) is 0 Å². The molecule has 2 aromatic rings. The van der Waals surface area contributed by atoms with E-state index in [2.05, 4.69) is 42.2 Å². The van der Waals surface area contributed by atoms with Gasteiger partial charge in [0.25, 0.3) is 0 Å². The lowest BCUT2D eigenvalue weighted by molar-refractivity contribution is 0.565. The SMILES string of the molecule is CCCCCCCCCCCc1ccc(C)c(-c2n[nH]c(C3(C(=N)N)CC3)n2)c1. The minimum atomic E-state index is -0.396. The Morgan fingerprint density at radius 1 is 1.07 bits per heavy atom. The first-order chi connectivity index (χ1) is 14.1. The average molecular weight is 396 g/mol. The molecule has 1 fully saturated rings. The summed E-state index contributed by atoms with van der Waals surface area (Å²) in [6, 6.07) is 6.64. The predicted molar refractivity (Wildman–Crippen MR) is 120 cm³/mol. The third-order valence-electron chi connectivity index (χ3n) is 6.32. The first-order valence-electron chi connectivity index (χ1n) is 11.4. The molecule has 29 heavy (non-hydrogen) atoms. The first-order valence-corrected chi connectivity index (χ1v) is 11.4. The van der Waals surface area contributed by atoms with Crippen LogP contribution in [0.1, 0.15) is 94.5 Å². The highest BCUT2D eigenvalue weighted by Gasteiger charge is 2.50. The Bertz CT molecular complexity index is 803. The number of rotatable bonds is 13. The maximum absolute atomic E-state index is 7.84. The zero-order chi connectivity index (χ0) is 20.7. The molecule has 1 heterocycles. The van der Waals surface area contributed by atoms with Gasteiger partial charge in [-0.2, -0.15) is 5.10 Å². The van der Waals surface area contributed by atoms with Crippen molar-refractivity contribution in [1.82, 2.24) is 15.2 Å². The number of aryl methyl sites for hydroxylation is 2. The maximum atomic E-state index is 7.84. The van der Waals surface area contributed by atoms with E-state index >= 15 is 0 Å². The van der Waals surface area contributed by atoms with Crippen LogP contribution in [0, 0.1) is 12.3 Å². The number of H-pyrrole nitrogens is 1. The molecule has 1 aliphatic rings. The van der Waals surface area contributed by atoms with Crippen LogP contribution in [-0.4, -0.2) is 21.0 Å². The lowest BCUT2D eigenvalue weighted by atomic mass is 9.99. The first kappa shape index (κ1) is 21.5. The minimum absolute atomic E-state index is 0.191. The molecule has 0 aliphatic heterocycles. The monoisotopic (exact) mass is 395 g/mol. The van der Waals surface area contributed by atoms with Crippen LogP contribution in [0.25, 0.3) is 11.4 Å². The van der Waals surface area contributed by atoms with E-state index in [9.17, 15) is 0 Å². The molecule has 0 unspecified atom stereocenters. The second-order valence-electron chi connectivity index (χ2n) is 8.73. The van der Waals surface area contributed by atoms with Crippen LogP contribution in [0.5, 0.6) is 0 Å². The van der Waals surface area contributed by atoms with Crippen LogP contribution < -0.4 is 5.73 Å². The lowest BCUT2D eigenvalue weighted by Gasteiger charge is -2.08. The fraction of sp³-hybridized carbons (Fsp3) is 0.625. The van der Waals surface area contributed by atoms with Gasteiger partial charge in [0.2, 0.25) is 0 Å². The van der Waals surface area contributed by atoms with Crippen molar-refractivity contribution in [2.75, 3.05) is 0 Å². The largest absolute Gasteiger partial charge is 0.387 e. The van der Waals surface area contributed by atoms with Gasteiger partial charge < -0.3 is 5.73 Å². The summed E-state index contributed by atoms with van der Waals surface area (Å²) in [5.41, 5.74) is 9.00. The number of nitrogens with one attached hydrogen (secondary N) is 2. The summed E-state index contributed by atoms with van der Waals surface area (Å²) in [6.07, 6.45) is 15.1. The quantitative estimate of drug-likeness (QED) is 0.227. The second kappa shape index (κ2) is 10.0. The molecule has 4 N–H and O–H groups in total. The Morgan fingerprint density at radius 3 is 2.34 bits per heavy atom. The summed E-state index contributed by atoms with van der Waals surface area (Å²) in [5, 5.41) is 15.3. The Morgan fingerprint density at radius 2 is 1.72 bits per heavy atom. The van der Waals surface area contributed by atoms with Gasteiger partial charge in [-0.25, -0.2) is 4.98 Å². The topological polar surface area (TPSA) is 91.4 Å². The van der Waals surface area contributed by atoms with E-state index < -0.39 is 5.41 Å². The van der Waals surface area contributed by atoms with Crippen molar-refractivity contribution in [2.45, 2.75) is 96.3 Å². The van der Waals surface area contributed by atoms with Crippen LogP contribution in [0.15, 0.2) is 18.2 Å². The summed E-state index contributed by atoms with van der Waals surface area (Å²) in [4.78, 5) is 4.70. The molecule has 158 valence electrons. The number of hydrogen-bond acceptors (Lipinski definition) is 3. The van der Waals surface area contributed by atoms with E-state index in [0.29, 0.717) is 0 Å². The van der Waals surface area contributed by atoms with Gasteiger partial charge in [0.1, 0.15) is 11.7 Å².